The number of rotatable bonds is 4. The van der Waals surface area contributed by atoms with Crippen molar-refractivity contribution < 1.29 is 14.3 Å². The lowest BCUT2D eigenvalue weighted by Crippen LogP contribution is -2.48. The molecular formula is C28H28N4O3. The third-order valence-electron chi connectivity index (χ3n) is 6.91. The Morgan fingerprint density at radius 1 is 0.914 bits per heavy atom. The summed E-state index contributed by atoms with van der Waals surface area (Å²) >= 11 is 0. The highest BCUT2D eigenvalue weighted by molar-refractivity contribution is 5.97. The van der Waals surface area contributed by atoms with Crippen molar-refractivity contribution in [2.45, 2.75) is 20.4 Å². The van der Waals surface area contributed by atoms with Gasteiger partial charge in [0.2, 0.25) is 6.79 Å². The second-order valence-corrected chi connectivity index (χ2v) is 9.36. The summed E-state index contributed by atoms with van der Waals surface area (Å²) in [5.41, 5.74) is 7.25. The average Bonchev–Trinajstić information content (AvgIpc) is 3.50. The molecule has 7 nitrogen and oxygen atoms in total. The highest BCUT2D eigenvalue weighted by Gasteiger charge is 2.23. The van der Waals surface area contributed by atoms with Crippen LogP contribution in [0.15, 0.2) is 60.9 Å². The molecule has 0 spiro atoms. The quantitative estimate of drug-likeness (QED) is 0.446. The van der Waals surface area contributed by atoms with E-state index >= 15 is 0 Å². The van der Waals surface area contributed by atoms with Crippen LogP contribution in [-0.4, -0.2) is 58.2 Å². The van der Waals surface area contributed by atoms with E-state index in [2.05, 4.69) is 52.6 Å². The van der Waals surface area contributed by atoms with Crippen LogP contribution in [0.25, 0.3) is 16.7 Å². The first kappa shape index (κ1) is 21.7. The molecule has 1 aromatic heterocycles. The van der Waals surface area contributed by atoms with Crippen molar-refractivity contribution >= 4 is 16.9 Å². The van der Waals surface area contributed by atoms with E-state index in [1.165, 1.54) is 16.7 Å². The van der Waals surface area contributed by atoms with Gasteiger partial charge in [0, 0.05) is 38.3 Å². The predicted octanol–water partition coefficient (Wildman–Crippen LogP) is 4.33. The number of benzene rings is 3. The molecule has 35 heavy (non-hydrogen) atoms. The maximum absolute atomic E-state index is 13.2. The van der Waals surface area contributed by atoms with E-state index in [0.29, 0.717) is 18.7 Å². The van der Waals surface area contributed by atoms with Crippen molar-refractivity contribution in [3.63, 3.8) is 0 Å². The largest absolute Gasteiger partial charge is 0.454 e. The number of amides is 1. The molecule has 7 heteroatoms. The van der Waals surface area contributed by atoms with Crippen LogP contribution in [0, 0.1) is 13.8 Å². The van der Waals surface area contributed by atoms with E-state index in [9.17, 15) is 4.79 Å². The first-order chi connectivity index (χ1) is 17.0. The molecule has 0 unspecified atom stereocenters. The standard InChI is InChI=1S/C28H28N4O3/c1-19-3-6-24(20(2)13-19)32-17-29-23-15-22(5-7-25(23)32)28(33)31-11-9-30(10-12-31)16-21-4-8-26-27(14-21)35-18-34-26/h3-8,13-15,17H,9-12,16,18H2,1-2H3. The Bertz CT molecular complexity index is 1420. The second-order valence-electron chi connectivity index (χ2n) is 9.36. The number of aryl methyl sites for hydroxylation is 2. The van der Waals surface area contributed by atoms with Crippen molar-refractivity contribution in [1.82, 2.24) is 19.4 Å². The molecule has 2 aliphatic rings. The summed E-state index contributed by atoms with van der Waals surface area (Å²) in [6, 6.07) is 18.3. The number of nitrogens with zero attached hydrogens (tertiary/aromatic N) is 4. The van der Waals surface area contributed by atoms with Crippen LogP contribution in [0.1, 0.15) is 27.0 Å². The van der Waals surface area contributed by atoms with Crippen molar-refractivity contribution in [3.8, 4) is 17.2 Å². The number of ether oxygens (including phenoxy) is 2. The van der Waals surface area contributed by atoms with E-state index in [0.717, 1.165) is 47.9 Å². The first-order valence-electron chi connectivity index (χ1n) is 12.0. The molecule has 3 aromatic carbocycles. The molecule has 0 aliphatic carbocycles. The lowest BCUT2D eigenvalue weighted by Gasteiger charge is -2.34. The van der Waals surface area contributed by atoms with Crippen LogP contribution in [0.2, 0.25) is 0 Å². The Balaban J connectivity index is 1.13. The summed E-state index contributed by atoms with van der Waals surface area (Å²) in [4.78, 5) is 22.2. The van der Waals surface area contributed by atoms with E-state index in [4.69, 9.17) is 9.47 Å². The normalized spacial score (nSPS) is 15.7. The Morgan fingerprint density at radius 2 is 1.74 bits per heavy atom. The molecule has 0 saturated carbocycles. The average molecular weight is 469 g/mol. The molecule has 0 atom stereocenters. The van der Waals surface area contributed by atoms with E-state index in [-0.39, 0.29) is 12.7 Å². The Kier molecular flexibility index (Phi) is 5.41. The highest BCUT2D eigenvalue weighted by atomic mass is 16.7. The third-order valence-corrected chi connectivity index (χ3v) is 6.91. The summed E-state index contributed by atoms with van der Waals surface area (Å²) in [5, 5.41) is 0. The van der Waals surface area contributed by atoms with E-state index < -0.39 is 0 Å². The topological polar surface area (TPSA) is 59.8 Å². The molecule has 178 valence electrons. The zero-order chi connectivity index (χ0) is 23.9. The van der Waals surface area contributed by atoms with E-state index in [1.54, 1.807) is 0 Å². The van der Waals surface area contributed by atoms with Crippen LogP contribution in [0.3, 0.4) is 0 Å². The number of imidazole rings is 1. The van der Waals surface area contributed by atoms with Gasteiger partial charge in [-0.3, -0.25) is 14.3 Å². The molecule has 2 aliphatic heterocycles. The highest BCUT2D eigenvalue weighted by Crippen LogP contribution is 2.33. The molecular weight excluding hydrogens is 440 g/mol. The van der Waals surface area contributed by atoms with Gasteiger partial charge in [0.25, 0.3) is 5.91 Å². The molecule has 1 saturated heterocycles. The van der Waals surface area contributed by atoms with Crippen LogP contribution in [-0.2, 0) is 6.54 Å². The number of hydrogen-bond donors (Lipinski definition) is 0. The zero-order valence-electron chi connectivity index (χ0n) is 20.0. The van der Waals surface area contributed by atoms with Crippen molar-refractivity contribution in [1.29, 1.82) is 0 Å². The minimum Gasteiger partial charge on any atom is -0.454 e. The third kappa shape index (κ3) is 4.12. The number of aromatic nitrogens is 2. The molecule has 6 rings (SSSR count). The van der Waals surface area contributed by atoms with Crippen molar-refractivity contribution in [2.24, 2.45) is 0 Å². The minimum atomic E-state index is 0.0655. The van der Waals surface area contributed by atoms with Crippen LogP contribution in [0.4, 0.5) is 0 Å². The monoisotopic (exact) mass is 468 g/mol. The SMILES string of the molecule is Cc1ccc(-n2cnc3cc(C(=O)N4CCN(Cc5ccc6c(c5)OCO6)CC4)ccc32)c(C)c1. The number of carbonyl (C=O) groups is 1. The summed E-state index contributed by atoms with van der Waals surface area (Å²) < 4.78 is 13.0. The number of fused-ring (bicyclic) bond motifs is 2. The predicted molar refractivity (Wildman–Crippen MR) is 134 cm³/mol. The van der Waals surface area contributed by atoms with Crippen molar-refractivity contribution in [3.05, 3.63) is 83.2 Å². The van der Waals surface area contributed by atoms with Gasteiger partial charge in [-0.25, -0.2) is 4.98 Å². The maximum Gasteiger partial charge on any atom is 0.254 e. The smallest absolute Gasteiger partial charge is 0.254 e. The molecule has 0 N–H and O–H groups in total. The Labute approximate surface area is 204 Å². The fraction of sp³-hybridized carbons (Fsp3) is 0.286. The Hall–Kier alpha value is -3.84. The summed E-state index contributed by atoms with van der Waals surface area (Å²) in [5.74, 6) is 1.68. The lowest BCUT2D eigenvalue weighted by atomic mass is 10.1. The van der Waals surface area contributed by atoms with Gasteiger partial charge in [-0.2, -0.15) is 0 Å². The van der Waals surface area contributed by atoms with Crippen LogP contribution < -0.4 is 9.47 Å². The number of carbonyl (C=O) groups excluding carboxylic acids is 1. The van der Waals surface area contributed by atoms with Gasteiger partial charge >= 0.3 is 0 Å². The molecule has 1 amide bonds. The van der Waals surface area contributed by atoms with Gasteiger partial charge in [-0.1, -0.05) is 23.8 Å². The molecule has 3 heterocycles. The second kappa shape index (κ2) is 8.74. The maximum atomic E-state index is 13.2. The molecule has 0 bridgehead atoms. The van der Waals surface area contributed by atoms with Gasteiger partial charge in [-0.15, -0.1) is 0 Å². The minimum absolute atomic E-state index is 0.0655. The molecule has 0 radical (unpaired) electrons. The fourth-order valence-electron chi connectivity index (χ4n) is 5.00. The fourth-order valence-corrected chi connectivity index (χ4v) is 5.00. The van der Waals surface area contributed by atoms with Gasteiger partial charge in [0.05, 0.1) is 16.7 Å². The first-order valence-corrected chi connectivity index (χ1v) is 12.0. The number of hydrogen-bond acceptors (Lipinski definition) is 5. The van der Waals surface area contributed by atoms with Gasteiger partial charge < -0.3 is 14.4 Å². The van der Waals surface area contributed by atoms with Crippen LogP contribution in [0.5, 0.6) is 11.5 Å². The molecule has 4 aromatic rings. The van der Waals surface area contributed by atoms with Crippen molar-refractivity contribution in [2.75, 3.05) is 33.0 Å². The summed E-state index contributed by atoms with van der Waals surface area (Å²) in [6.07, 6.45) is 1.84. The van der Waals surface area contributed by atoms with Gasteiger partial charge in [-0.05, 0) is 61.4 Å². The number of piperazine rings is 1. The summed E-state index contributed by atoms with van der Waals surface area (Å²) in [6.45, 7) is 8.41. The zero-order valence-corrected chi connectivity index (χ0v) is 20.0. The lowest BCUT2D eigenvalue weighted by molar-refractivity contribution is 0.0628. The van der Waals surface area contributed by atoms with Gasteiger partial charge in [0.15, 0.2) is 11.5 Å². The van der Waals surface area contributed by atoms with E-state index in [1.807, 2.05) is 41.6 Å². The van der Waals surface area contributed by atoms with Crippen LogP contribution >= 0.6 is 0 Å². The Morgan fingerprint density at radius 3 is 2.57 bits per heavy atom. The summed E-state index contributed by atoms with van der Waals surface area (Å²) in [7, 11) is 0. The van der Waals surface area contributed by atoms with Gasteiger partial charge in [0.1, 0.15) is 6.33 Å². The molecule has 1 fully saturated rings.